The highest BCUT2D eigenvalue weighted by Gasteiger charge is 2.25. The maximum absolute atomic E-state index is 12.9. The molecule has 1 aromatic heterocycles. The molecular formula is C24H18ClN5O5. The first-order valence-electron chi connectivity index (χ1n) is 10.3. The van der Waals surface area contributed by atoms with Gasteiger partial charge in [-0.1, -0.05) is 60.1 Å². The Morgan fingerprint density at radius 3 is 2.57 bits per heavy atom. The molecule has 3 aromatic carbocycles. The van der Waals surface area contributed by atoms with Gasteiger partial charge in [0.05, 0.1) is 22.4 Å². The predicted octanol–water partition coefficient (Wildman–Crippen LogP) is 3.28. The lowest BCUT2D eigenvalue weighted by molar-refractivity contribution is -0.384. The van der Waals surface area contributed by atoms with Crippen LogP contribution in [-0.4, -0.2) is 31.6 Å². The molecule has 0 saturated carbocycles. The number of H-pyrrole nitrogens is 1. The normalized spacial score (nSPS) is 12.3. The first kappa shape index (κ1) is 23.7. The first-order chi connectivity index (χ1) is 16.8. The number of nitrogens with one attached hydrogen (secondary N) is 2. The van der Waals surface area contributed by atoms with E-state index < -0.39 is 22.5 Å². The second-order valence-electron chi connectivity index (χ2n) is 7.49. The number of carbonyl (C=O) groups excluding carboxylic acids is 1. The van der Waals surface area contributed by atoms with Crippen LogP contribution in [0.1, 0.15) is 22.9 Å². The summed E-state index contributed by atoms with van der Waals surface area (Å²) < 4.78 is 0. The molecule has 10 nitrogen and oxygen atoms in total. The van der Waals surface area contributed by atoms with Gasteiger partial charge >= 0.3 is 0 Å². The summed E-state index contributed by atoms with van der Waals surface area (Å²) in [5.41, 5.74) is 2.20. The number of amides is 1. The quantitative estimate of drug-likeness (QED) is 0.205. The van der Waals surface area contributed by atoms with Crippen LogP contribution in [0.15, 0.2) is 82.7 Å². The molecule has 0 fully saturated rings. The Hall–Kier alpha value is -4.41. The van der Waals surface area contributed by atoms with Gasteiger partial charge in [-0.25, -0.2) is 10.4 Å². The largest absolute Gasteiger partial charge is 0.382 e. The zero-order valence-corrected chi connectivity index (χ0v) is 18.8. The standard InChI is InChI=1S/C24H18ClN5O5/c25-17-9-5-4-8-16(17)23(32)21(29-28-20(31)12-14-6-2-1-3-7-14)22-24(33)27-19-13-15(30(34)35)10-11-18(19)26-22/h1-11,13,23,32H,12H2,(H,27,33)(H,28,31)/b29-21-/t23-/m1/s1. The van der Waals surface area contributed by atoms with E-state index in [9.17, 15) is 24.8 Å². The van der Waals surface area contributed by atoms with Crippen LogP contribution >= 0.6 is 11.6 Å². The molecular weight excluding hydrogens is 474 g/mol. The van der Waals surface area contributed by atoms with Crippen LogP contribution in [0.2, 0.25) is 5.02 Å². The highest BCUT2D eigenvalue weighted by atomic mass is 35.5. The van der Waals surface area contributed by atoms with Crippen molar-refractivity contribution in [2.75, 3.05) is 0 Å². The van der Waals surface area contributed by atoms with Gasteiger partial charge in [0.2, 0.25) is 5.91 Å². The van der Waals surface area contributed by atoms with E-state index in [0.29, 0.717) is 0 Å². The van der Waals surface area contributed by atoms with Gasteiger partial charge in [-0.2, -0.15) is 5.10 Å². The second-order valence-corrected chi connectivity index (χ2v) is 7.90. The van der Waals surface area contributed by atoms with E-state index >= 15 is 0 Å². The molecule has 1 atom stereocenters. The Kier molecular flexibility index (Phi) is 6.95. The summed E-state index contributed by atoms with van der Waals surface area (Å²) in [7, 11) is 0. The van der Waals surface area contributed by atoms with Crippen molar-refractivity contribution in [1.29, 1.82) is 0 Å². The number of carbonyl (C=O) groups is 1. The van der Waals surface area contributed by atoms with Crippen molar-refractivity contribution in [1.82, 2.24) is 15.4 Å². The number of fused-ring (bicyclic) bond motifs is 1. The number of halogens is 1. The first-order valence-corrected chi connectivity index (χ1v) is 10.7. The van der Waals surface area contributed by atoms with E-state index in [0.717, 1.165) is 5.56 Å². The van der Waals surface area contributed by atoms with Crippen LogP contribution in [0.5, 0.6) is 0 Å². The van der Waals surface area contributed by atoms with Crippen molar-refractivity contribution in [2.45, 2.75) is 12.5 Å². The minimum atomic E-state index is -1.51. The fourth-order valence-electron chi connectivity index (χ4n) is 3.39. The van der Waals surface area contributed by atoms with Crippen LogP contribution in [-0.2, 0) is 11.2 Å². The van der Waals surface area contributed by atoms with Gasteiger partial charge in [-0.3, -0.25) is 19.7 Å². The highest BCUT2D eigenvalue weighted by molar-refractivity contribution is 6.31. The van der Waals surface area contributed by atoms with E-state index in [4.69, 9.17) is 11.6 Å². The molecule has 0 aliphatic carbocycles. The summed E-state index contributed by atoms with van der Waals surface area (Å²) in [6.45, 7) is 0. The Morgan fingerprint density at radius 2 is 1.86 bits per heavy atom. The molecule has 3 N–H and O–H groups in total. The topological polar surface area (TPSA) is 151 Å². The summed E-state index contributed by atoms with van der Waals surface area (Å²) in [4.78, 5) is 42.6. The van der Waals surface area contributed by atoms with Gasteiger partial charge in [0.1, 0.15) is 11.8 Å². The van der Waals surface area contributed by atoms with Crippen molar-refractivity contribution < 1.29 is 14.8 Å². The number of aliphatic hydroxyl groups is 1. The van der Waals surface area contributed by atoms with Crippen LogP contribution < -0.4 is 11.0 Å². The van der Waals surface area contributed by atoms with E-state index in [1.54, 1.807) is 48.5 Å². The lowest BCUT2D eigenvalue weighted by Gasteiger charge is -2.15. The highest BCUT2D eigenvalue weighted by Crippen LogP contribution is 2.25. The fourth-order valence-corrected chi connectivity index (χ4v) is 3.63. The molecule has 1 heterocycles. The van der Waals surface area contributed by atoms with Gasteiger partial charge in [-0.15, -0.1) is 0 Å². The van der Waals surface area contributed by atoms with Gasteiger partial charge < -0.3 is 10.1 Å². The number of hydrazone groups is 1. The summed E-state index contributed by atoms with van der Waals surface area (Å²) in [6.07, 6.45) is -1.49. The molecule has 35 heavy (non-hydrogen) atoms. The molecule has 0 radical (unpaired) electrons. The number of aromatic amines is 1. The molecule has 0 spiro atoms. The maximum atomic E-state index is 12.9. The van der Waals surface area contributed by atoms with Crippen molar-refractivity contribution in [2.24, 2.45) is 5.10 Å². The second kappa shape index (κ2) is 10.2. The number of benzene rings is 3. The van der Waals surface area contributed by atoms with Crippen LogP contribution in [0.4, 0.5) is 5.69 Å². The Balaban J connectivity index is 1.76. The molecule has 176 valence electrons. The van der Waals surface area contributed by atoms with E-state index in [1.807, 2.05) is 6.07 Å². The maximum Gasteiger partial charge on any atom is 0.276 e. The van der Waals surface area contributed by atoms with Crippen LogP contribution in [0, 0.1) is 10.1 Å². The number of hydrogen-bond acceptors (Lipinski definition) is 7. The van der Waals surface area contributed by atoms with Crippen LogP contribution in [0.25, 0.3) is 11.0 Å². The summed E-state index contributed by atoms with van der Waals surface area (Å²) >= 11 is 6.23. The average Bonchev–Trinajstić information content (AvgIpc) is 2.84. The van der Waals surface area contributed by atoms with Gasteiger partial charge in [0.25, 0.3) is 11.2 Å². The van der Waals surface area contributed by atoms with Gasteiger partial charge in [-0.05, 0) is 17.7 Å². The Bertz CT molecular complexity index is 1500. The smallest absolute Gasteiger partial charge is 0.276 e. The van der Waals surface area contributed by atoms with Crippen molar-refractivity contribution in [3.05, 3.63) is 115 Å². The molecule has 0 unspecified atom stereocenters. The lowest BCUT2D eigenvalue weighted by Crippen LogP contribution is -2.30. The zero-order chi connectivity index (χ0) is 24.9. The molecule has 1 amide bonds. The summed E-state index contributed by atoms with van der Waals surface area (Å²) in [5.74, 6) is -0.479. The van der Waals surface area contributed by atoms with E-state index in [2.05, 4.69) is 20.5 Å². The predicted molar refractivity (Wildman–Crippen MR) is 130 cm³/mol. The van der Waals surface area contributed by atoms with Crippen molar-refractivity contribution in [3.63, 3.8) is 0 Å². The molecule has 4 aromatic rings. The van der Waals surface area contributed by atoms with Crippen LogP contribution in [0.3, 0.4) is 0 Å². The number of nitro groups is 1. The summed E-state index contributed by atoms with van der Waals surface area (Å²) in [6, 6.07) is 19.2. The van der Waals surface area contributed by atoms with E-state index in [1.165, 1.54) is 18.2 Å². The third-order valence-electron chi connectivity index (χ3n) is 5.10. The minimum absolute atomic E-state index is 0.0188. The molecule has 0 saturated heterocycles. The number of rotatable bonds is 7. The average molecular weight is 492 g/mol. The fraction of sp³-hybridized carbons (Fsp3) is 0.0833. The molecule has 0 aliphatic heterocycles. The number of aliphatic hydroxyl groups excluding tert-OH is 1. The number of aromatic nitrogens is 2. The molecule has 0 bridgehead atoms. The molecule has 0 aliphatic rings. The van der Waals surface area contributed by atoms with Crippen molar-refractivity contribution >= 4 is 39.9 Å². The van der Waals surface area contributed by atoms with Crippen molar-refractivity contribution in [3.8, 4) is 0 Å². The number of hydrogen-bond donors (Lipinski definition) is 3. The monoisotopic (exact) mass is 491 g/mol. The third kappa shape index (κ3) is 5.40. The van der Waals surface area contributed by atoms with E-state index in [-0.39, 0.29) is 45.1 Å². The number of non-ortho nitro benzene ring substituents is 1. The number of nitrogens with zero attached hydrogens (tertiary/aromatic N) is 3. The molecule has 11 heteroatoms. The minimum Gasteiger partial charge on any atom is -0.382 e. The van der Waals surface area contributed by atoms with Gasteiger partial charge in [0.15, 0.2) is 5.69 Å². The lowest BCUT2D eigenvalue weighted by atomic mass is 10.0. The number of nitro benzene ring substituents is 1. The Labute approximate surface area is 203 Å². The molecule has 4 rings (SSSR count). The summed E-state index contributed by atoms with van der Waals surface area (Å²) in [5, 5.41) is 26.4. The Morgan fingerprint density at radius 1 is 1.14 bits per heavy atom. The van der Waals surface area contributed by atoms with Gasteiger partial charge in [0, 0.05) is 22.7 Å². The SMILES string of the molecule is O=C(Cc1ccccc1)N/N=C(/c1nc2ccc([N+](=O)[O-])cc2[nH]c1=O)[C@H](O)c1ccccc1Cl. The third-order valence-corrected chi connectivity index (χ3v) is 5.44. The zero-order valence-electron chi connectivity index (χ0n) is 18.0.